The number of benzene rings is 2. The van der Waals surface area contributed by atoms with Crippen LogP contribution in [-0.2, 0) is 17.9 Å². The molecule has 3 heterocycles. The Hall–Kier alpha value is -3.44. The third kappa shape index (κ3) is 3.65. The van der Waals surface area contributed by atoms with Crippen LogP contribution in [0.5, 0.6) is 0 Å². The first-order chi connectivity index (χ1) is 14.3. The van der Waals surface area contributed by atoms with Crippen LogP contribution in [0.3, 0.4) is 0 Å². The molecule has 1 N–H and O–H groups in total. The molecule has 29 heavy (non-hydrogen) atoms. The Balaban J connectivity index is 1.60. The molecule has 2 aromatic carbocycles. The van der Waals surface area contributed by atoms with E-state index in [1.807, 2.05) is 12.1 Å². The number of aromatic nitrogens is 3. The molecule has 0 spiro atoms. The van der Waals surface area contributed by atoms with Crippen molar-refractivity contribution in [3.8, 4) is 11.3 Å². The number of fused-ring (bicyclic) bond motifs is 6. The second-order valence-electron chi connectivity index (χ2n) is 7.26. The molecule has 0 saturated heterocycles. The van der Waals surface area contributed by atoms with Crippen molar-refractivity contribution in [2.75, 3.05) is 11.9 Å². The summed E-state index contributed by atoms with van der Waals surface area (Å²) in [4.78, 5) is 9.14. The molecule has 144 valence electrons. The van der Waals surface area contributed by atoms with Crippen LogP contribution < -0.4 is 5.32 Å². The molecule has 0 radical (unpaired) electrons. The number of allylic oxidation sites excluding steroid dienone is 1. The normalized spacial score (nSPS) is 15.1. The standard InChI is InChI=1S/C24H22N4O/c1-17-4-7-21-14-20(17)16-29-13-3-2-11-28-12-9-18-5-6-19(15-23(18)28)22-8-10-25-24(26-21)27-22/h2-10,12,14-15H,11,13,16H2,1H3,(H,25,26,27)/b3-2-. The highest BCUT2D eigenvalue weighted by Gasteiger charge is 2.08. The summed E-state index contributed by atoms with van der Waals surface area (Å²) in [6.45, 7) is 4.07. The van der Waals surface area contributed by atoms with Crippen LogP contribution in [0.2, 0.25) is 0 Å². The lowest BCUT2D eigenvalue weighted by atomic mass is 10.1. The van der Waals surface area contributed by atoms with E-state index in [0.29, 0.717) is 19.2 Å². The highest BCUT2D eigenvalue weighted by atomic mass is 16.5. The molecule has 0 aliphatic carbocycles. The summed E-state index contributed by atoms with van der Waals surface area (Å²) in [6, 6.07) is 16.8. The predicted molar refractivity (Wildman–Crippen MR) is 116 cm³/mol. The van der Waals surface area contributed by atoms with Gasteiger partial charge in [-0.15, -0.1) is 0 Å². The molecule has 5 rings (SSSR count). The van der Waals surface area contributed by atoms with E-state index in [0.717, 1.165) is 29.1 Å². The van der Waals surface area contributed by atoms with Gasteiger partial charge in [-0.2, -0.15) is 0 Å². The Morgan fingerprint density at radius 2 is 2.00 bits per heavy atom. The molecule has 2 aromatic heterocycles. The number of hydrogen-bond acceptors (Lipinski definition) is 4. The number of nitrogens with one attached hydrogen (secondary N) is 1. The van der Waals surface area contributed by atoms with Gasteiger partial charge in [0.15, 0.2) is 0 Å². The summed E-state index contributed by atoms with van der Waals surface area (Å²) in [5.41, 5.74) is 6.47. The van der Waals surface area contributed by atoms with Crippen LogP contribution in [0.15, 0.2) is 73.1 Å². The highest BCUT2D eigenvalue weighted by molar-refractivity contribution is 5.85. The molecule has 6 bridgehead atoms. The maximum absolute atomic E-state index is 5.87. The van der Waals surface area contributed by atoms with Crippen molar-refractivity contribution in [1.82, 2.24) is 14.5 Å². The van der Waals surface area contributed by atoms with Gasteiger partial charge in [0.1, 0.15) is 0 Å². The van der Waals surface area contributed by atoms with Crippen molar-refractivity contribution in [3.63, 3.8) is 0 Å². The maximum Gasteiger partial charge on any atom is 0.227 e. The summed E-state index contributed by atoms with van der Waals surface area (Å²) in [6.07, 6.45) is 8.15. The summed E-state index contributed by atoms with van der Waals surface area (Å²) in [5, 5.41) is 4.55. The fourth-order valence-electron chi connectivity index (χ4n) is 3.61. The zero-order chi connectivity index (χ0) is 19.6. The van der Waals surface area contributed by atoms with Crippen molar-refractivity contribution in [2.45, 2.75) is 20.1 Å². The predicted octanol–water partition coefficient (Wildman–Crippen LogP) is 5.24. The third-order valence-corrected chi connectivity index (χ3v) is 5.27. The van der Waals surface area contributed by atoms with Gasteiger partial charge in [0.2, 0.25) is 5.95 Å². The van der Waals surface area contributed by atoms with E-state index in [1.54, 1.807) is 6.20 Å². The zero-order valence-corrected chi connectivity index (χ0v) is 16.3. The van der Waals surface area contributed by atoms with Gasteiger partial charge in [-0.3, -0.25) is 0 Å². The monoisotopic (exact) mass is 382 g/mol. The lowest BCUT2D eigenvalue weighted by molar-refractivity contribution is 0.148. The van der Waals surface area contributed by atoms with Crippen molar-refractivity contribution < 1.29 is 4.74 Å². The van der Waals surface area contributed by atoms with Crippen molar-refractivity contribution in [3.05, 3.63) is 84.2 Å². The van der Waals surface area contributed by atoms with Gasteiger partial charge in [-0.05, 0) is 53.8 Å². The number of anilines is 2. The van der Waals surface area contributed by atoms with Gasteiger partial charge >= 0.3 is 0 Å². The first-order valence-electron chi connectivity index (χ1n) is 9.78. The molecule has 4 aromatic rings. The molecule has 0 fully saturated rings. The van der Waals surface area contributed by atoms with E-state index in [1.165, 1.54) is 16.5 Å². The fourth-order valence-corrected chi connectivity index (χ4v) is 3.61. The van der Waals surface area contributed by atoms with Gasteiger partial charge in [0, 0.05) is 35.7 Å². The minimum Gasteiger partial charge on any atom is -0.373 e. The van der Waals surface area contributed by atoms with E-state index in [-0.39, 0.29) is 0 Å². The SMILES string of the molecule is Cc1ccc2cc1COC/C=C\Cn1ccc3ccc(cc31)-c1ccnc(n1)N2. The highest BCUT2D eigenvalue weighted by Crippen LogP contribution is 2.26. The molecule has 1 aliphatic heterocycles. The lowest BCUT2D eigenvalue weighted by Crippen LogP contribution is -2.00. The lowest BCUT2D eigenvalue weighted by Gasteiger charge is -2.11. The molecule has 0 atom stereocenters. The Labute approximate surface area is 169 Å². The molecule has 0 amide bonds. The Kier molecular flexibility index (Phi) is 4.58. The summed E-state index contributed by atoms with van der Waals surface area (Å²) < 4.78 is 8.10. The first kappa shape index (κ1) is 17.6. The minimum absolute atomic E-state index is 0.571. The van der Waals surface area contributed by atoms with E-state index >= 15 is 0 Å². The second kappa shape index (κ2) is 7.53. The second-order valence-corrected chi connectivity index (χ2v) is 7.26. The molecule has 5 nitrogen and oxygen atoms in total. The topological polar surface area (TPSA) is 52.0 Å². The van der Waals surface area contributed by atoms with E-state index in [4.69, 9.17) is 9.72 Å². The summed E-state index contributed by atoms with van der Waals surface area (Å²) in [5.74, 6) is 0.583. The Morgan fingerprint density at radius 1 is 1.03 bits per heavy atom. The fraction of sp³-hybridized carbons (Fsp3) is 0.167. The number of ether oxygens (including phenoxy) is 1. The van der Waals surface area contributed by atoms with Crippen molar-refractivity contribution >= 4 is 22.5 Å². The maximum atomic E-state index is 5.87. The molecular weight excluding hydrogens is 360 g/mol. The molecule has 1 aliphatic rings. The third-order valence-electron chi connectivity index (χ3n) is 5.27. The smallest absolute Gasteiger partial charge is 0.227 e. The number of rotatable bonds is 0. The average molecular weight is 382 g/mol. The van der Waals surface area contributed by atoms with Crippen LogP contribution in [0.25, 0.3) is 22.2 Å². The molecule has 0 unspecified atom stereocenters. The Bertz CT molecular complexity index is 1210. The number of hydrogen-bond donors (Lipinski definition) is 1. The van der Waals surface area contributed by atoms with Crippen LogP contribution in [-0.4, -0.2) is 21.1 Å². The zero-order valence-electron chi connectivity index (χ0n) is 16.3. The largest absolute Gasteiger partial charge is 0.373 e. The number of aryl methyl sites for hydroxylation is 1. The van der Waals surface area contributed by atoms with Crippen molar-refractivity contribution in [2.24, 2.45) is 0 Å². The van der Waals surface area contributed by atoms with Crippen LogP contribution in [0.4, 0.5) is 11.6 Å². The van der Waals surface area contributed by atoms with Gasteiger partial charge in [0.05, 0.1) is 18.9 Å². The van der Waals surface area contributed by atoms with Gasteiger partial charge in [-0.1, -0.05) is 30.4 Å². The molecule has 0 saturated carbocycles. The summed E-state index contributed by atoms with van der Waals surface area (Å²) >= 11 is 0. The van der Waals surface area contributed by atoms with E-state index in [2.05, 4.69) is 76.5 Å². The Morgan fingerprint density at radius 3 is 2.97 bits per heavy atom. The van der Waals surface area contributed by atoms with E-state index in [9.17, 15) is 0 Å². The minimum atomic E-state index is 0.571. The summed E-state index contributed by atoms with van der Waals surface area (Å²) in [7, 11) is 0. The van der Waals surface area contributed by atoms with Crippen LogP contribution in [0, 0.1) is 6.92 Å². The van der Waals surface area contributed by atoms with E-state index < -0.39 is 0 Å². The van der Waals surface area contributed by atoms with Gasteiger partial charge < -0.3 is 14.6 Å². The van der Waals surface area contributed by atoms with Crippen LogP contribution in [0.1, 0.15) is 11.1 Å². The van der Waals surface area contributed by atoms with Gasteiger partial charge in [0.25, 0.3) is 0 Å². The van der Waals surface area contributed by atoms with Crippen LogP contribution >= 0.6 is 0 Å². The average Bonchev–Trinajstić information content (AvgIpc) is 3.14. The molecular formula is C24H22N4O. The first-order valence-corrected chi connectivity index (χ1v) is 9.78. The molecule has 5 heteroatoms. The quantitative estimate of drug-likeness (QED) is 0.423. The van der Waals surface area contributed by atoms with Crippen molar-refractivity contribution in [1.29, 1.82) is 0 Å². The number of nitrogens with zero attached hydrogens (tertiary/aromatic N) is 3. The van der Waals surface area contributed by atoms with Gasteiger partial charge in [-0.25, -0.2) is 9.97 Å².